The van der Waals surface area contributed by atoms with Gasteiger partial charge >= 0.3 is 5.97 Å². The molecule has 0 bridgehead atoms. The Balaban J connectivity index is 2.10. The summed E-state index contributed by atoms with van der Waals surface area (Å²) in [5.74, 6) is -1.98. The van der Waals surface area contributed by atoms with Gasteiger partial charge in [0.25, 0.3) is 0 Å². The van der Waals surface area contributed by atoms with Crippen molar-refractivity contribution in [2.75, 3.05) is 5.32 Å². The molecule has 0 heterocycles. The van der Waals surface area contributed by atoms with Crippen LogP contribution in [0.2, 0.25) is 0 Å². The third-order valence-corrected chi connectivity index (χ3v) is 4.29. The minimum Gasteiger partial charge on any atom is -0.481 e. The first kappa shape index (κ1) is 14.3. The molecule has 1 aliphatic rings. The molecule has 0 unspecified atom stereocenters. The van der Waals surface area contributed by atoms with Gasteiger partial charge in [-0.05, 0) is 66.1 Å². The van der Waals surface area contributed by atoms with Gasteiger partial charge < -0.3 is 10.4 Å². The van der Waals surface area contributed by atoms with Crippen molar-refractivity contribution in [1.29, 1.82) is 0 Å². The first-order valence-electron chi connectivity index (χ1n) is 6.29. The van der Waals surface area contributed by atoms with E-state index in [-0.39, 0.29) is 5.91 Å². The molecule has 2 N–H and O–H groups in total. The fourth-order valence-electron chi connectivity index (χ4n) is 2.56. The Hall–Kier alpha value is -1.11. The largest absolute Gasteiger partial charge is 0.481 e. The summed E-state index contributed by atoms with van der Waals surface area (Å²) < 4.78 is 1.11. The molecule has 2 atom stereocenters. The van der Waals surface area contributed by atoms with E-state index in [1.54, 1.807) is 0 Å². The van der Waals surface area contributed by atoms with E-state index in [4.69, 9.17) is 5.11 Å². The molecule has 1 fully saturated rings. The van der Waals surface area contributed by atoms with Crippen LogP contribution in [-0.2, 0) is 9.59 Å². The van der Waals surface area contributed by atoms with Crippen LogP contribution >= 0.6 is 22.6 Å². The number of anilines is 1. The summed E-state index contributed by atoms with van der Waals surface area (Å²) in [5, 5.41) is 12.0. The second kappa shape index (κ2) is 5.90. The van der Waals surface area contributed by atoms with E-state index in [0.29, 0.717) is 12.8 Å². The van der Waals surface area contributed by atoms with Crippen LogP contribution in [0.5, 0.6) is 0 Å². The quantitative estimate of drug-likeness (QED) is 0.801. The van der Waals surface area contributed by atoms with Crippen molar-refractivity contribution >= 4 is 40.2 Å². The average molecular weight is 373 g/mol. The molecule has 0 radical (unpaired) electrons. The molecular weight excluding hydrogens is 357 g/mol. The molecule has 2 rings (SSSR count). The Morgan fingerprint density at radius 1 is 1.32 bits per heavy atom. The number of nitrogens with one attached hydrogen (secondary N) is 1. The number of benzene rings is 1. The molecule has 1 aromatic rings. The number of hydrogen-bond acceptors (Lipinski definition) is 2. The summed E-state index contributed by atoms with van der Waals surface area (Å²) in [6, 6.07) is 5.77. The highest BCUT2D eigenvalue weighted by atomic mass is 127. The van der Waals surface area contributed by atoms with Crippen molar-refractivity contribution in [1.82, 2.24) is 0 Å². The van der Waals surface area contributed by atoms with E-state index in [1.807, 2.05) is 25.1 Å². The first-order chi connectivity index (χ1) is 8.99. The van der Waals surface area contributed by atoms with E-state index in [1.165, 1.54) is 0 Å². The van der Waals surface area contributed by atoms with Crippen LogP contribution in [0.1, 0.15) is 24.8 Å². The van der Waals surface area contributed by atoms with Gasteiger partial charge in [-0.1, -0.05) is 6.42 Å². The lowest BCUT2D eigenvalue weighted by molar-refractivity contribution is -0.145. The number of amides is 1. The molecule has 0 aromatic heterocycles. The number of halogens is 1. The Kier molecular flexibility index (Phi) is 4.44. The maximum absolute atomic E-state index is 12.2. The molecule has 0 spiro atoms. The van der Waals surface area contributed by atoms with Crippen LogP contribution in [0.3, 0.4) is 0 Å². The zero-order valence-corrected chi connectivity index (χ0v) is 12.8. The summed E-state index contributed by atoms with van der Waals surface area (Å²) in [7, 11) is 0. The normalized spacial score (nSPS) is 22.2. The molecule has 0 aliphatic heterocycles. The number of hydrogen-bond donors (Lipinski definition) is 2. The van der Waals surface area contributed by atoms with Crippen LogP contribution in [-0.4, -0.2) is 17.0 Å². The van der Waals surface area contributed by atoms with E-state index >= 15 is 0 Å². The van der Waals surface area contributed by atoms with Crippen LogP contribution in [0.4, 0.5) is 5.69 Å². The highest BCUT2D eigenvalue weighted by molar-refractivity contribution is 14.1. The van der Waals surface area contributed by atoms with Crippen molar-refractivity contribution in [3.05, 3.63) is 27.3 Å². The summed E-state index contributed by atoms with van der Waals surface area (Å²) in [6.07, 6.45) is 2.06. The average Bonchev–Trinajstić information content (AvgIpc) is 2.82. The number of carbonyl (C=O) groups excluding carboxylic acids is 1. The number of rotatable bonds is 3. The second-order valence-corrected chi connectivity index (χ2v) is 6.18. The highest BCUT2D eigenvalue weighted by Gasteiger charge is 2.37. The third kappa shape index (κ3) is 3.26. The standard InChI is InChI=1S/C14H16INO3/c1-8-7-9(15)5-6-12(8)16-13(17)10-3-2-4-11(10)14(18)19/h5-7,10-11H,2-4H2,1H3,(H,16,17)(H,18,19)/t10-,11+/m1/s1. The van der Waals surface area contributed by atoms with Gasteiger partial charge in [-0.3, -0.25) is 9.59 Å². The molecule has 1 amide bonds. The Bertz CT molecular complexity index is 515. The number of aryl methyl sites for hydroxylation is 1. The highest BCUT2D eigenvalue weighted by Crippen LogP contribution is 2.33. The molecule has 4 nitrogen and oxygen atoms in total. The maximum Gasteiger partial charge on any atom is 0.307 e. The third-order valence-electron chi connectivity index (χ3n) is 3.62. The fourth-order valence-corrected chi connectivity index (χ4v) is 3.21. The lowest BCUT2D eigenvalue weighted by Gasteiger charge is -2.16. The van der Waals surface area contributed by atoms with E-state index in [0.717, 1.165) is 21.2 Å². The number of aliphatic carboxylic acids is 1. The molecule has 102 valence electrons. The Morgan fingerprint density at radius 2 is 2.00 bits per heavy atom. The lowest BCUT2D eigenvalue weighted by atomic mass is 9.95. The Morgan fingerprint density at radius 3 is 2.63 bits per heavy atom. The molecular formula is C14H16INO3. The molecule has 5 heteroatoms. The smallest absolute Gasteiger partial charge is 0.307 e. The zero-order valence-electron chi connectivity index (χ0n) is 10.6. The molecule has 1 aliphatic carbocycles. The summed E-state index contributed by atoms with van der Waals surface area (Å²) >= 11 is 2.22. The van der Waals surface area contributed by atoms with Crippen molar-refractivity contribution in [2.24, 2.45) is 11.8 Å². The summed E-state index contributed by atoms with van der Waals surface area (Å²) in [5.41, 5.74) is 1.76. The number of carboxylic acids is 1. The van der Waals surface area contributed by atoms with Gasteiger partial charge in [0.2, 0.25) is 5.91 Å². The topological polar surface area (TPSA) is 66.4 Å². The monoisotopic (exact) mass is 373 g/mol. The van der Waals surface area contributed by atoms with Gasteiger partial charge in [0, 0.05) is 9.26 Å². The first-order valence-corrected chi connectivity index (χ1v) is 7.36. The second-order valence-electron chi connectivity index (χ2n) is 4.93. The van der Waals surface area contributed by atoms with E-state index in [9.17, 15) is 9.59 Å². The number of carboxylic acid groups (broad SMARTS) is 1. The van der Waals surface area contributed by atoms with Gasteiger partial charge in [0.15, 0.2) is 0 Å². The summed E-state index contributed by atoms with van der Waals surface area (Å²) in [6.45, 7) is 1.93. The fraction of sp³-hybridized carbons (Fsp3) is 0.429. The predicted octanol–water partition coefficient (Wildman–Crippen LogP) is 3.04. The van der Waals surface area contributed by atoms with E-state index < -0.39 is 17.8 Å². The molecule has 1 aromatic carbocycles. The van der Waals surface area contributed by atoms with Crippen LogP contribution in [0.15, 0.2) is 18.2 Å². The lowest BCUT2D eigenvalue weighted by Crippen LogP contribution is -2.30. The molecule has 0 saturated heterocycles. The molecule has 19 heavy (non-hydrogen) atoms. The van der Waals surface area contributed by atoms with Crippen LogP contribution in [0, 0.1) is 22.3 Å². The van der Waals surface area contributed by atoms with Gasteiger partial charge in [0.05, 0.1) is 11.8 Å². The van der Waals surface area contributed by atoms with Gasteiger partial charge in [-0.15, -0.1) is 0 Å². The Labute approximate surface area is 125 Å². The predicted molar refractivity (Wildman–Crippen MR) is 81.0 cm³/mol. The summed E-state index contributed by atoms with van der Waals surface area (Å²) in [4.78, 5) is 23.3. The van der Waals surface area contributed by atoms with E-state index in [2.05, 4.69) is 27.9 Å². The SMILES string of the molecule is Cc1cc(I)ccc1NC(=O)[C@@H]1CCC[C@@H]1C(=O)O. The zero-order chi connectivity index (χ0) is 14.0. The molecule has 1 saturated carbocycles. The van der Waals surface area contributed by atoms with Gasteiger partial charge in [-0.2, -0.15) is 0 Å². The van der Waals surface area contributed by atoms with Crippen molar-refractivity contribution in [3.63, 3.8) is 0 Å². The minimum atomic E-state index is -0.864. The van der Waals surface area contributed by atoms with Crippen LogP contribution in [0.25, 0.3) is 0 Å². The van der Waals surface area contributed by atoms with Gasteiger partial charge in [0.1, 0.15) is 0 Å². The number of carbonyl (C=O) groups is 2. The van der Waals surface area contributed by atoms with Crippen molar-refractivity contribution in [3.8, 4) is 0 Å². The van der Waals surface area contributed by atoms with Crippen molar-refractivity contribution in [2.45, 2.75) is 26.2 Å². The van der Waals surface area contributed by atoms with Crippen LogP contribution < -0.4 is 5.32 Å². The van der Waals surface area contributed by atoms with Crippen molar-refractivity contribution < 1.29 is 14.7 Å². The maximum atomic E-state index is 12.2. The minimum absolute atomic E-state index is 0.172. The van der Waals surface area contributed by atoms with Gasteiger partial charge in [-0.25, -0.2) is 0 Å².